The van der Waals surface area contributed by atoms with Gasteiger partial charge in [-0.05, 0) is 60.9 Å². The SMILES string of the molecule is Cc1cc(N2C[C@@H](Cc3ccncc3)[C@@H](O)C2)nc2ccc(Cl)cc12. The smallest absolute Gasteiger partial charge is 0.129 e. The largest absolute Gasteiger partial charge is 0.391 e. The first-order chi connectivity index (χ1) is 12.1. The van der Waals surface area contributed by atoms with Gasteiger partial charge in [0.15, 0.2) is 0 Å². The van der Waals surface area contributed by atoms with Crippen LogP contribution in [0.15, 0.2) is 48.8 Å². The lowest BCUT2D eigenvalue weighted by Crippen LogP contribution is -2.22. The minimum atomic E-state index is -0.351. The molecule has 1 saturated heterocycles. The summed E-state index contributed by atoms with van der Waals surface area (Å²) in [6, 6.07) is 11.9. The van der Waals surface area contributed by atoms with Crippen molar-refractivity contribution in [2.75, 3.05) is 18.0 Å². The van der Waals surface area contributed by atoms with Crippen LogP contribution in [-0.4, -0.2) is 34.3 Å². The van der Waals surface area contributed by atoms with E-state index in [0.29, 0.717) is 6.54 Å². The lowest BCUT2D eigenvalue weighted by molar-refractivity contribution is 0.148. The Balaban J connectivity index is 1.58. The molecule has 0 bridgehead atoms. The highest BCUT2D eigenvalue weighted by atomic mass is 35.5. The molecule has 1 aliphatic rings. The molecule has 3 aromatic rings. The van der Waals surface area contributed by atoms with E-state index in [4.69, 9.17) is 16.6 Å². The molecule has 3 heterocycles. The molecule has 2 atom stereocenters. The highest BCUT2D eigenvalue weighted by Gasteiger charge is 2.32. The van der Waals surface area contributed by atoms with Crippen LogP contribution in [0.1, 0.15) is 11.1 Å². The van der Waals surface area contributed by atoms with Gasteiger partial charge in [0.2, 0.25) is 0 Å². The van der Waals surface area contributed by atoms with Crippen LogP contribution >= 0.6 is 11.6 Å². The lowest BCUT2D eigenvalue weighted by Gasteiger charge is -2.19. The topological polar surface area (TPSA) is 49.2 Å². The second kappa shape index (κ2) is 6.62. The van der Waals surface area contributed by atoms with Crippen molar-refractivity contribution in [2.45, 2.75) is 19.4 Å². The van der Waals surface area contributed by atoms with E-state index in [1.807, 2.05) is 30.3 Å². The van der Waals surface area contributed by atoms with Crippen molar-refractivity contribution >= 4 is 28.3 Å². The average Bonchev–Trinajstić information content (AvgIpc) is 2.97. The Morgan fingerprint density at radius 1 is 1.16 bits per heavy atom. The van der Waals surface area contributed by atoms with E-state index in [1.165, 1.54) is 5.56 Å². The van der Waals surface area contributed by atoms with Gasteiger partial charge in [-0.2, -0.15) is 0 Å². The molecule has 1 fully saturated rings. The molecule has 0 radical (unpaired) electrons. The summed E-state index contributed by atoms with van der Waals surface area (Å²) in [7, 11) is 0. The molecule has 0 aliphatic carbocycles. The normalized spacial score (nSPS) is 20.4. The Morgan fingerprint density at radius 2 is 1.96 bits per heavy atom. The first kappa shape index (κ1) is 16.3. The molecule has 0 unspecified atom stereocenters. The summed E-state index contributed by atoms with van der Waals surface area (Å²) in [5, 5.41) is 12.3. The zero-order valence-electron chi connectivity index (χ0n) is 14.1. The quantitative estimate of drug-likeness (QED) is 0.781. The summed E-state index contributed by atoms with van der Waals surface area (Å²) in [4.78, 5) is 11.0. The van der Waals surface area contributed by atoms with Gasteiger partial charge in [0.25, 0.3) is 0 Å². The van der Waals surface area contributed by atoms with Crippen molar-refractivity contribution in [3.05, 3.63) is 64.9 Å². The fourth-order valence-electron chi connectivity index (χ4n) is 3.57. The Morgan fingerprint density at radius 3 is 2.76 bits per heavy atom. The highest BCUT2D eigenvalue weighted by Crippen LogP contribution is 2.29. The third-order valence-electron chi connectivity index (χ3n) is 4.94. The minimum absolute atomic E-state index is 0.199. The number of aromatic nitrogens is 2. The van der Waals surface area contributed by atoms with Crippen LogP contribution in [0.5, 0.6) is 0 Å². The molecule has 25 heavy (non-hydrogen) atoms. The van der Waals surface area contributed by atoms with Gasteiger partial charge in [-0.3, -0.25) is 4.98 Å². The van der Waals surface area contributed by atoms with Crippen LogP contribution in [0.3, 0.4) is 0 Å². The van der Waals surface area contributed by atoms with Crippen molar-refractivity contribution in [3.8, 4) is 0 Å². The highest BCUT2D eigenvalue weighted by molar-refractivity contribution is 6.31. The van der Waals surface area contributed by atoms with Gasteiger partial charge in [0.1, 0.15) is 5.82 Å². The second-order valence-corrected chi connectivity index (χ2v) is 7.19. The lowest BCUT2D eigenvalue weighted by atomic mass is 9.97. The Kier molecular flexibility index (Phi) is 4.32. The molecule has 1 N–H and O–H groups in total. The molecule has 4 nitrogen and oxygen atoms in total. The molecular formula is C20H20ClN3O. The fourth-order valence-corrected chi connectivity index (χ4v) is 3.75. The number of aliphatic hydroxyl groups excluding tert-OH is 1. The van der Waals surface area contributed by atoms with E-state index in [2.05, 4.69) is 22.9 Å². The van der Waals surface area contributed by atoms with Gasteiger partial charge in [-0.15, -0.1) is 0 Å². The minimum Gasteiger partial charge on any atom is -0.391 e. The number of aliphatic hydroxyl groups is 1. The van der Waals surface area contributed by atoms with E-state index >= 15 is 0 Å². The second-order valence-electron chi connectivity index (χ2n) is 6.75. The molecule has 0 saturated carbocycles. The van der Waals surface area contributed by atoms with Gasteiger partial charge in [0.05, 0.1) is 11.6 Å². The summed E-state index contributed by atoms with van der Waals surface area (Å²) in [6.07, 6.45) is 4.10. The number of anilines is 1. The predicted molar refractivity (Wildman–Crippen MR) is 101 cm³/mol. The Hall–Kier alpha value is -2.17. The third kappa shape index (κ3) is 3.32. The summed E-state index contributed by atoms with van der Waals surface area (Å²) in [6.45, 7) is 3.49. The number of fused-ring (bicyclic) bond motifs is 1. The molecule has 128 valence electrons. The molecule has 0 spiro atoms. The zero-order chi connectivity index (χ0) is 17.4. The van der Waals surface area contributed by atoms with Gasteiger partial charge >= 0.3 is 0 Å². The van der Waals surface area contributed by atoms with Crippen molar-refractivity contribution in [1.29, 1.82) is 0 Å². The van der Waals surface area contributed by atoms with Gasteiger partial charge in [-0.25, -0.2) is 4.98 Å². The number of aryl methyl sites for hydroxylation is 1. The molecule has 2 aromatic heterocycles. The van der Waals surface area contributed by atoms with Crippen LogP contribution < -0.4 is 4.90 Å². The summed E-state index contributed by atoms with van der Waals surface area (Å²) < 4.78 is 0. The van der Waals surface area contributed by atoms with E-state index < -0.39 is 0 Å². The van der Waals surface area contributed by atoms with Crippen molar-refractivity contribution < 1.29 is 5.11 Å². The maximum atomic E-state index is 10.5. The first-order valence-electron chi connectivity index (χ1n) is 8.49. The monoisotopic (exact) mass is 353 g/mol. The fraction of sp³-hybridized carbons (Fsp3) is 0.300. The third-order valence-corrected chi connectivity index (χ3v) is 5.18. The Bertz CT molecular complexity index is 900. The number of pyridine rings is 2. The van der Waals surface area contributed by atoms with Crippen molar-refractivity contribution in [2.24, 2.45) is 5.92 Å². The number of benzene rings is 1. The molecule has 5 heteroatoms. The molecule has 1 aliphatic heterocycles. The van der Waals surface area contributed by atoms with E-state index in [9.17, 15) is 5.11 Å². The van der Waals surface area contributed by atoms with E-state index in [-0.39, 0.29) is 12.0 Å². The molecular weight excluding hydrogens is 334 g/mol. The first-order valence-corrected chi connectivity index (χ1v) is 8.87. The number of β-amino-alcohol motifs (C(OH)–C–C–N with tert-alkyl or cyclic N) is 1. The predicted octanol–water partition coefficient (Wildman–Crippen LogP) is 3.63. The average molecular weight is 354 g/mol. The number of hydrogen-bond donors (Lipinski definition) is 1. The maximum absolute atomic E-state index is 10.5. The van der Waals surface area contributed by atoms with Gasteiger partial charge in [-0.1, -0.05) is 11.6 Å². The van der Waals surface area contributed by atoms with Crippen molar-refractivity contribution in [3.63, 3.8) is 0 Å². The number of hydrogen-bond acceptors (Lipinski definition) is 4. The summed E-state index contributed by atoms with van der Waals surface area (Å²) in [5.41, 5.74) is 3.29. The zero-order valence-corrected chi connectivity index (χ0v) is 14.8. The number of halogens is 1. The summed E-state index contributed by atoms with van der Waals surface area (Å²) in [5.74, 6) is 1.12. The van der Waals surface area contributed by atoms with Crippen LogP contribution in [-0.2, 0) is 6.42 Å². The standard InChI is InChI=1S/C20H20ClN3O/c1-13-8-20(23-18-3-2-16(21)10-17(13)18)24-11-15(19(25)12-24)9-14-4-6-22-7-5-14/h2-8,10,15,19,25H,9,11-12H2,1H3/t15-,19+/m1/s1. The molecule has 4 rings (SSSR count). The Labute approximate surface area is 152 Å². The van der Waals surface area contributed by atoms with Gasteiger partial charge < -0.3 is 10.0 Å². The summed E-state index contributed by atoms with van der Waals surface area (Å²) >= 11 is 6.10. The maximum Gasteiger partial charge on any atom is 0.129 e. The van der Waals surface area contributed by atoms with Crippen LogP contribution in [0.2, 0.25) is 5.02 Å². The van der Waals surface area contributed by atoms with Crippen LogP contribution in [0, 0.1) is 12.8 Å². The van der Waals surface area contributed by atoms with Crippen LogP contribution in [0.25, 0.3) is 10.9 Å². The molecule has 1 aromatic carbocycles. The van der Waals surface area contributed by atoms with E-state index in [1.54, 1.807) is 12.4 Å². The number of nitrogens with zero attached hydrogens (tertiary/aromatic N) is 3. The number of rotatable bonds is 3. The van der Waals surface area contributed by atoms with Gasteiger partial charge in [0, 0.05) is 41.8 Å². The van der Waals surface area contributed by atoms with Crippen molar-refractivity contribution in [1.82, 2.24) is 9.97 Å². The molecule has 0 amide bonds. The van der Waals surface area contributed by atoms with Crippen LogP contribution in [0.4, 0.5) is 5.82 Å². The van der Waals surface area contributed by atoms with E-state index in [0.717, 1.165) is 40.3 Å².